The smallest absolute Gasteiger partial charge is 0.261 e. The number of carbonyl (C=O) groups is 1. The van der Waals surface area contributed by atoms with E-state index in [0.29, 0.717) is 23.1 Å². The van der Waals surface area contributed by atoms with E-state index in [-0.39, 0.29) is 12.0 Å². The number of ether oxygens (including phenoxy) is 2. The Morgan fingerprint density at radius 1 is 1.43 bits per heavy atom. The van der Waals surface area contributed by atoms with E-state index in [2.05, 4.69) is 10.3 Å². The van der Waals surface area contributed by atoms with Gasteiger partial charge in [0.15, 0.2) is 5.13 Å². The molecule has 1 saturated carbocycles. The summed E-state index contributed by atoms with van der Waals surface area (Å²) in [6.07, 6.45) is 4.08. The molecule has 1 fully saturated rings. The summed E-state index contributed by atoms with van der Waals surface area (Å²) < 4.78 is 10.8. The molecule has 5 nitrogen and oxygen atoms in total. The summed E-state index contributed by atoms with van der Waals surface area (Å²) in [6, 6.07) is 7.28. The van der Waals surface area contributed by atoms with Crippen LogP contribution in [0.15, 0.2) is 30.5 Å². The molecule has 0 aliphatic heterocycles. The van der Waals surface area contributed by atoms with Crippen LogP contribution in [0, 0.1) is 0 Å². The van der Waals surface area contributed by atoms with Crippen LogP contribution in [0.4, 0.5) is 5.13 Å². The molecule has 0 unspecified atom stereocenters. The predicted octanol–water partition coefficient (Wildman–Crippen LogP) is 3.08. The summed E-state index contributed by atoms with van der Waals surface area (Å²) in [5, 5.41) is 3.37. The molecule has 2 aromatic rings. The summed E-state index contributed by atoms with van der Waals surface area (Å²) >= 11 is 1.40. The normalized spacial score (nSPS) is 14.0. The highest BCUT2D eigenvalue weighted by Crippen LogP contribution is 2.29. The van der Waals surface area contributed by atoms with Crippen LogP contribution in [0.1, 0.15) is 28.1 Å². The SMILES string of the molecule is COCc1cnc(NC(=O)c2ccccc2OC2CC2)s1. The summed E-state index contributed by atoms with van der Waals surface area (Å²) in [6.45, 7) is 0.495. The molecule has 0 spiro atoms. The van der Waals surface area contributed by atoms with E-state index in [9.17, 15) is 4.79 Å². The van der Waals surface area contributed by atoms with Gasteiger partial charge in [0, 0.05) is 13.3 Å². The lowest BCUT2D eigenvalue weighted by atomic mass is 10.2. The Kier molecular flexibility index (Phi) is 4.17. The molecule has 3 rings (SSSR count). The average molecular weight is 304 g/mol. The number of amides is 1. The second kappa shape index (κ2) is 6.24. The number of carbonyl (C=O) groups excluding carboxylic acids is 1. The first-order valence-corrected chi connectivity index (χ1v) is 7.58. The maximum absolute atomic E-state index is 12.3. The fraction of sp³-hybridized carbons (Fsp3) is 0.333. The third kappa shape index (κ3) is 3.59. The van der Waals surface area contributed by atoms with Crippen molar-refractivity contribution in [2.75, 3.05) is 12.4 Å². The van der Waals surface area contributed by atoms with E-state index in [4.69, 9.17) is 9.47 Å². The Morgan fingerprint density at radius 3 is 3.00 bits per heavy atom. The number of thiazole rings is 1. The van der Waals surface area contributed by atoms with Crippen molar-refractivity contribution in [1.82, 2.24) is 4.98 Å². The number of para-hydroxylation sites is 1. The van der Waals surface area contributed by atoms with Gasteiger partial charge < -0.3 is 9.47 Å². The Bertz CT molecular complexity index is 637. The van der Waals surface area contributed by atoms with Crippen LogP contribution in [-0.4, -0.2) is 24.1 Å². The summed E-state index contributed by atoms with van der Waals surface area (Å²) in [5.74, 6) is 0.427. The first kappa shape index (κ1) is 14.0. The van der Waals surface area contributed by atoms with E-state index in [1.165, 1.54) is 11.3 Å². The van der Waals surface area contributed by atoms with Gasteiger partial charge in [0.05, 0.1) is 23.2 Å². The molecule has 1 heterocycles. The van der Waals surface area contributed by atoms with Crippen LogP contribution in [0.3, 0.4) is 0 Å². The van der Waals surface area contributed by atoms with Crippen molar-refractivity contribution in [2.24, 2.45) is 0 Å². The highest BCUT2D eigenvalue weighted by atomic mass is 32.1. The Labute approximate surface area is 126 Å². The van der Waals surface area contributed by atoms with Crippen molar-refractivity contribution in [1.29, 1.82) is 0 Å². The topological polar surface area (TPSA) is 60.5 Å². The zero-order chi connectivity index (χ0) is 14.7. The molecule has 1 aromatic carbocycles. The molecule has 0 atom stereocenters. The molecule has 6 heteroatoms. The molecule has 1 aliphatic carbocycles. The molecule has 1 aromatic heterocycles. The third-order valence-electron chi connectivity index (χ3n) is 3.01. The lowest BCUT2D eigenvalue weighted by Crippen LogP contribution is -2.13. The zero-order valence-corrected chi connectivity index (χ0v) is 12.5. The number of anilines is 1. The van der Waals surface area contributed by atoms with Gasteiger partial charge in [-0.3, -0.25) is 10.1 Å². The second-order valence-corrected chi connectivity index (χ2v) is 5.95. The maximum atomic E-state index is 12.3. The number of hydrogen-bond donors (Lipinski definition) is 1. The van der Waals surface area contributed by atoms with Gasteiger partial charge in [0.1, 0.15) is 5.75 Å². The molecule has 1 amide bonds. The van der Waals surface area contributed by atoms with Gasteiger partial charge in [-0.25, -0.2) is 4.98 Å². The fourth-order valence-corrected chi connectivity index (χ4v) is 2.64. The molecular weight excluding hydrogens is 288 g/mol. The molecule has 21 heavy (non-hydrogen) atoms. The van der Waals surface area contributed by atoms with Crippen LogP contribution in [0.2, 0.25) is 0 Å². The first-order chi connectivity index (χ1) is 10.3. The second-order valence-electron chi connectivity index (χ2n) is 4.83. The highest BCUT2D eigenvalue weighted by molar-refractivity contribution is 7.15. The van der Waals surface area contributed by atoms with Gasteiger partial charge in [-0.05, 0) is 25.0 Å². The maximum Gasteiger partial charge on any atom is 0.261 e. The molecule has 0 saturated heterocycles. The van der Waals surface area contributed by atoms with Gasteiger partial charge in [-0.15, -0.1) is 0 Å². The molecular formula is C15H16N2O3S. The Balaban J connectivity index is 1.71. The number of nitrogens with one attached hydrogen (secondary N) is 1. The fourth-order valence-electron chi connectivity index (χ4n) is 1.86. The number of hydrogen-bond acceptors (Lipinski definition) is 5. The molecule has 0 bridgehead atoms. The average Bonchev–Trinajstić information content (AvgIpc) is 3.19. The zero-order valence-electron chi connectivity index (χ0n) is 11.7. The van der Waals surface area contributed by atoms with Crippen molar-refractivity contribution in [3.8, 4) is 5.75 Å². The molecule has 110 valence electrons. The van der Waals surface area contributed by atoms with E-state index in [0.717, 1.165) is 17.7 Å². The van der Waals surface area contributed by atoms with Gasteiger partial charge >= 0.3 is 0 Å². The molecule has 1 N–H and O–H groups in total. The van der Waals surface area contributed by atoms with Gasteiger partial charge in [0.25, 0.3) is 5.91 Å². The minimum atomic E-state index is -0.204. The van der Waals surface area contributed by atoms with Crippen molar-refractivity contribution >= 4 is 22.4 Å². The lowest BCUT2D eigenvalue weighted by Gasteiger charge is -2.09. The monoisotopic (exact) mass is 304 g/mol. The standard InChI is InChI=1S/C15H16N2O3S/c1-19-9-11-8-16-15(21-11)17-14(18)12-4-2-3-5-13(12)20-10-6-7-10/h2-5,8,10H,6-7,9H2,1H3,(H,16,17,18). The number of benzene rings is 1. The van der Waals surface area contributed by atoms with Crippen LogP contribution < -0.4 is 10.1 Å². The van der Waals surface area contributed by atoms with E-state index in [1.807, 2.05) is 18.2 Å². The number of rotatable bonds is 6. The number of nitrogens with zero attached hydrogens (tertiary/aromatic N) is 1. The minimum Gasteiger partial charge on any atom is -0.490 e. The van der Waals surface area contributed by atoms with E-state index < -0.39 is 0 Å². The summed E-state index contributed by atoms with van der Waals surface area (Å²) in [5.41, 5.74) is 0.535. The van der Waals surface area contributed by atoms with Crippen LogP contribution in [0.5, 0.6) is 5.75 Å². The summed E-state index contributed by atoms with van der Waals surface area (Å²) in [7, 11) is 1.63. The van der Waals surface area contributed by atoms with Crippen LogP contribution in [-0.2, 0) is 11.3 Å². The van der Waals surface area contributed by atoms with Crippen molar-refractivity contribution in [3.63, 3.8) is 0 Å². The molecule has 1 aliphatic rings. The summed E-state index contributed by atoms with van der Waals surface area (Å²) in [4.78, 5) is 17.5. The van der Waals surface area contributed by atoms with Crippen molar-refractivity contribution in [3.05, 3.63) is 40.9 Å². The van der Waals surface area contributed by atoms with Crippen molar-refractivity contribution < 1.29 is 14.3 Å². The van der Waals surface area contributed by atoms with Gasteiger partial charge in [-0.2, -0.15) is 0 Å². The van der Waals surface area contributed by atoms with Crippen LogP contribution in [0.25, 0.3) is 0 Å². The molecule has 0 radical (unpaired) electrons. The first-order valence-electron chi connectivity index (χ1n) is 6.77. The number of methoxy groups -OCH3 is 1. The third-order valence-corrected chi connectivity index (χ3v) is 3.90. The van der Waals surface area contributed by atoms with E-state index >= 15 is 0 Å². The lowest BCUT2D eigenvalue weighted by molar-refractivity contribution is 0.102. The van der Waals surface area contributed by atoms with Crippen molar-refractivity contribution in [2.45, 2.75) is 25.6 Å². The Morgan fingerprint density at radius 2 is 2.24 bits per heavy atom. The minimum absolute atomic E-state index is 0.204. The quantitative estimate of drug-likeness (QED) is 0.891. The largest absolute Gasteiger partial charge is 0.490 e. The predicted molar refractivity (Wildman–Crippen MR) is 80.9 cm³/mol. The highest BCUT2D eigenvalue weighted by Gasteiger charge is 2.25. The Hall–Kier alpha value is -1.92. The van der Waals surface area contributed by atoms with Gasteiger partial charge in [-0.1, -0.05) is 23.5 Å². The van der Waals surface area contributed by atoms with Crippen LogP contribution >= 0.6 is 11.3 Å². The number of aromatic nitrogens is 1. The van der Waals surface area contributed by atoms with E-state index in [1.54, 1.807) is 19.4 Å². The van der Waals surface area contributed by atoms with Gasteiger partial charge in [0.2, 0.25) is 0 Å².